The van der Waals surface area contributed by atoms with Gasteiger partial charge in [-0.15, -0.1) is 0 Å². The van der Waals surface area contributed by atoms with Crippen LogP contribution in [-0.4, -0.2) is 30.9 Å². The van der Waals surface area contributed by atoms with Crippen LogP contribution < -0.4 is 5.32 Å². The molecule has 0 unspecified atom stereocenters. The quantitative estimate of drug-likeness (QED) is 0.834. The maximum absolute atomic E-state index is 13.1. The zero-order chi connectivity index (χ0) is 14.6. The van der Waals surface area contributed by atoms with E-state index in [-0.39, 0.29) is 24.9 Å². The molecule has 0 saturated carbocycles. The molecule has 19 heavy (non-hydrogen) atoms. The molecule has 0 aliphatic carbocycles. The lowest BCUT2D eigenvalue weighted by Gasteiger charge is -2.24. The minimum Gasteiger partial charge on any atom is -0.359 e. The van der Waals surface area contributed by atoms with Gasteiger partial charge in [-0.1, -0.05) is 0 Å². The zero-order valence-corrected chi connectivity index (χ0v) is 11.1. The lowest BCUT2D eigenvalue weighted by atomic mass is 10.1. The number of nitrogens with zero attached hydrogens (tertiary/aromatic N) is 1. The van der Waals surface area contributed by atoms with E-state index in [4.69, 9.17) is 0 Å². The Bertz CT molecular complexity index is 442. The van der Waals surface area contributed by atoms with Gasteiger partial charge in [0.05, 0.1) is 0 Å². The SMILES string of the molecule is CNC(=O)C[C@H](C)N(C)Cc1cc(F)c(F)c(F)c1. The molecule has 106 valence electrons. The highest BCUT2D eigenvalue weighted by atomic mass is 19.2. The van der Waals surface area contributed by atoms with Crippen LogP contribution >= 0.6 is 0 Å². The summed E-state index contributed by atoms with van der Waals surface area (Å²) in [7, 11) is 3.27. The minimum atomic E-state index is -1.47. The van der Waals surface area contributed by atoms with E-state index < -0.39 is 17.5 Å². The number of halogens is 3. The second-order valence-corrected chi connectivity index (χ2v) is 4.51. The van der Waals surface area contributed by atoms with E-state index in [9.17, 15) is 18.0 Å². The summed E-state index contributed by atoms with van der Waals surface area (Å²) in [5, 5.41) is 2.51. The Hall–Kier alpha value is -1.56. The molecular formula is C13H17F3N2O. The second kappa shape index (κ2) is 6.56. The first-order chi connectivity index (χ1) is 8.85. The standard InChI is InChI=1S/C13H17F3N2O/c1-8(4-12(19)17-2)18(3)7-9-5-10(14)13(16)11(15)6-9/h5-6,8H,4,7H2,1-3H3,(H,17,19)/t8-/m0/s1. The first kappa shape index (κ1) is 15.5. The monoisotopic (exact) mass is 274 g/mol. The number of rotatable bonds is 5. The number of carbonyl (C=O) groups excluding carboxylic acids is 1. The van der Waals surface area contributed by atoms with E-state index in [2.05, 4.69) is 5.32 Å². The summed E-state index contributed by atoms with van der Waals surface area (Å²) < 4.78 is 38.9. The van der Waals surface area contributed by atoms with Gasteiger partial charge in [-0.3, -0.25) is 9.69 Å². The highest BCUT2D eigenvalue weighted by molar-refractivity contribution is 5.76. The van der Waals surface area contributed by atoms with Crippen LogP contribution in [0.4, 0.5) is 13.2 Å². The summed E-state index contributed by atoms with van der Waals surface area (Å²) in [4.78, 5) is 13.0. The molecule has 1 N–H and O–H groups in total. The van der Waals surface area contributed by atoms with Crippen molar-refractivity contribution in [2.24, 2.45) is 0 Å². The molecule has 0 saturated heterocycles. The highest BCUT2D eigenvalue weighted by Gasteiger charge is 2.16. The lowest BCUT2D eigenvalue weighted by Crippen LogP contribution is -2.33. The maximum atomic E-state index is 13.1. The Balaban J connectivity index is 2.71. The van der Waals surface area contributed by atoms with E-state index in [1.54, 1.807) is 19.0 Å². The van der Waals surface area contributed by atoms with Crippen LogP contribution in [0.3, 0.4) is 0 Å². The third kappa shape index (κ3) is 4.24. The van der Waals surface area contributed by atoms with Gasteiger partial charge in [-0.2, -0.15) is 0 Å². The van der Waals surface area contributed by atoms with Gasteiger partial charge in [0.25, 0.3) is 0 Å². The van der Waals surface area contributed by atoms with Crippen molar-refractivity contribution in [1.82, 2.24) is 10.2 Å². The first-order valence-electron chi connectivity index (χ1n) is 5.89. The molecule has 0 radical (unpaired) electrons. The van der Waals surface area contributed by atoms with Gasteiger partial charge >= 0.3 is 0 Å². The highest BCUT2D eigenvalue weighted by Crippen LogP contribution is 2.16. The lowest BCUT2D eigenvalue weighted by molar-refractivity contribution is -0.121. The molecule has 0 aromatic heterocycles. The van der Waals surface area contributed by atoms with Gasteiger partial charge < -0.3 is 5.32 Å². The Morgan fingerprint density at radius 1 is 1.32 bits per heavy atom. The summed E-state index contributed by atoms with van der Waals surface area (Å²) in [6, 6.07) is 1.82. The van der Waals surface area contributed by atoms with Crippen LogP contribution in [-0.2, 0) is 11.3 Å². The Morgan fingerprint density at radius 3 is 2.32 bits per heavy atom. The van der Waals surface area contributed by atoms with Crippen molar-refractivity contribution in [3.05, 3.63) is 35.1 Å². The first-order valence-corrected chi connectivity index (χ1v) is 5.89. The number of amides is 1. The predicted octanol–water partition coefficient (Wildman–Crippen LogP) is 2.06. The fraction of sp³-hybridized carbons (Fsp3) is 0.462. The van der Waals surface area contributed by atoms with Crippen molar-refractivity contribution >= 4 is 5.91 Å². The van der Waals surface area contributed by atoms with Gasteiger partial charge in [0.2, 0.25) is 5.91 Å². The zero-order valence-electron chi connectivity index (χ0n) is 11.1. The van der Waals surface area contributed by atoms with Gasteiger partial charge in [-0.05, 0) is 31.7 Å². The summed E-state index contributed by atoms with van der Waals surface area (Å²) in [5.41, 5.74) is 0.322. The van der Waals surface area contributed by atoms with Crippen molar-refractivity contribution < 1.29 is 18.0 Å². The molecule has 1 amide bonds. The van der Waals surface area contributed by atoms with Crippen LogP contribution in [0.15, 0.2) is 12.1 Å². The van der Waals surface area contributed by atoms with E-state index in [1.807, 2.05) is 6.92 Å². The number of nitrogens with one attached hydrogen (secondary N) is 1. The molecule has 3 nitrogen and oxygen atoms in total. The fourth-order valence-corrected chi connectivity index (χ4v) is 1.67. The molecule has 0 aliphatic rings. The summed E-state index contributed by atoms with van der Waals surface area (Å²) in [6.45, 7) is 2.05. The topological polar surface area (TPSA) is 32.3 Å². The number of benzene rings is 1. The van der Waals surface area contributed by atoms with Crippen LogP contribution in [0, 0.1) is 17.5 Å². The molecule has 1 aromatic carbocycles. The average Bonchev–Trinajstić information content (AvgIpc) is 2.35. The van der Waals surface area contributed by atoms with Crippen LogP contribution in [0.1, 0.15) is 18.9 Å². The maximum Gasteiger partial charge on any atom is 0.221 e. The smallest absolute Gasteiger partial charge is 0.221 e. The fourth-order valence-electron chi connectivity index (χ4n) is 1.67. The molecule has 0 spiro atoms. The predicted molar refractivity (Wildman–Crippen MR) is 65.9 cm³/mol. The molecule has 1 aromatic rings. The van der Waals surface area contributed by atoms with Crippen molar-refractivity contribution in [2.75, 3.05) is 14.1 Å². The molecule has 0 bridgehead atoms. The Morgan fingerprint density at radius 2 is 1.84 bits per heavy atom. The van der Waals surface area contributed by atoms with Crippen LogP contribution in [0.25, 0.3) is 0 Å². The van der Waals surface area contributed by atoms with Crippen LogP contribution in [0.5, 0.6) is 0 Å². The number of carbonyl (C=O) groups is 1. The number of hydrogen-bond acceptors (Lipinski definition) is 2. The molecular weight excluding hydrogens is 257 g/mol. The molecule has 1 atom stereocenters. The van der Waals surface area contributed by atoms with E-state index in [1.165, 1.54) is 0 Å². The molecule has 6 heteroatoms. The van der Waals surface area contributed by atoms with E-state index in [0.717, 1.165) is 12.1 Å². The van der Waals surface area contributed by atoms with E-state index in [0.29, 0.717) is 5.56 Å². The molecule has 0 aliphatic heterocycles. The molecule has 0 fully saturated rings. The third-order valence-corrected chi connectivity index (χ3v) is 2.99. The van der Waals surface area contributed by atoms with Gasteiger partial charge in [0.1, 0.15) is 0 Å². The van der Waals surface area contributed by atoms with Crippen molar-refractivity contribution in [2.45, 2.75) is 25.9 Å². The van der Waals surface area contributed by atoms with Crippen molar-refractivity contribution in [1.29, 1.82) is 0 Å². The van der Waals surface area contributed by atoms with Gasteiger partial charge in [-0.25, -0.2) is 13.2 Å². The Kier molecular flexibility index (Phi) is 5.35. The summed E-state index contributed by atoms with van der Waals surface area (Å²) in [6.07, 6.45) is 0.277. The summed E-state index contributed by atoms with van der Waals surface area (Å²) >= 11 is 0. The average molecular weight is 274 g/mol. The van der Waals surface area contributed by atoms with Crippen molar-refractivity contribution in [3.63, 3.8) is 0 Å². The summed E-state index contributed by atoms with van der Waals surface area (Å²) in [5.74, 6) is -4.00. The van der Waals surface area contributed by atoms with Gasteiger partial charge in [0, 0.05) is 26.1 Å². The largest absolute Gasteiger partial charge is 0.359 e. The third-order valence-electron chi connectivity index (χ3n) is 2.99. The Labute approximate surface area is 110 Å². The normalized spacial score (nSPS) is 12.6. The second-order valence-electron chi connectivity index (χ2n) is 4.51. The van der Waals surface area contributed by atoms with Crippen LogP contribution in [0.2, 0.25) is 0 Å². The van der Waals surface area contributed by atoms with Crippen molar-refractivity contribution in [3.8, 4) is 0 Å². The number of hydrogen-bond donors (Lipinski definition) is 1. The molecule has 1 rings (SSSR count). The minimum absolute atomic E-state index is 0.101. The van der Waals surface area contributed by atoms with Gasteiger partial charge in [0.15, 0.2) is 17.5 Å². The molecule has 0 heterocycles. The van der Waals surface area contributed by atoms with E-state index >= 15 is 0 Å².